The predicted molar refractivity (Wildman–Crippen MR) is 218 cm³/mol. The van der Waals surface area contributed by atoms with Gasteiger partial charge in [-0.2, -0.15) is 0 Å². The summed E-state index contributed by atoms with van der Waals surface area (Å²) in [5.74, 6) is -0.594. The Morgan fingerprint density at radius 1 is 0.540 bits per heavy atom. The van der Waals surface area contributed by atoms with E-state index in [1.807, 2.05) is 12.2 Å². The topological polar surface area (TPSA) is 89.8 Å². The van der Waals surface area contributed by atoms with Crippen LogP contribution in [0.5, 0.6) is 0 Å². The summed E-state index contributed by atoms with van der Waals surface area (Å²) < 4.78 is 0. The van der Waals surface area contributed by atoms with Crippen LogP contribution in [-0.2, 0) is 4.79 Å². The van der Waals surface area contributed by atoms with E-state index < -0.39 is 30.3 Å². The van der Waals surface area contributed by atoms with Crippen molar-refractivity contribution in [2.45, 2.75) is 250 Å². The standard InChI is InChI=1S/C45H87NO4/c1-4-6-8-10-12-14-16-18-20-22-24-26-28-30-32-34-36-38-40-45(3,50)43(41-47)46-44(49)42(48)39-37-35-33-31-29-27-25-23-21-19-17-15-13-11-9-7-5-2/h37-40,42-43,47-48,50H,4-36,41H2,1-3H3,(H,46,49)/b39-37+,40-38+/t42-,43-,45-/m0/s1. The van der Waals surface area contributed by atoms with Gasteiger partial charge in [0, 0.05) is 0 Å². The maximum atomic E-state index is 12.5. The summed E-state index contributed by atoms with van der Waals surface area (Å²) >= 11 is 0. The molecule has 0 spiro atoms. The zero-order valence-electron chi connectivity index (χ0n) is 33.8. The monoisotopic (exact) mass is 706 g/mol. The number of hydrogen-bond donors (Lipinski definition) is 4. The third kappa shape index (κ3) is 32.7. The highest BCUT2D eigenvalue weighted by molar-refractivity contribution is 5.82. The Morgan fingerprint density at radius 2 is 0.840 bits per heavy atom. The van der Waals surface area contributed by atoms with Gasteiger partial charge in [0.2, 0.25) is 0 Å². The van der Waals surface area contributed by atoms with Crippen molar-refractivity contribution in [3.63, 3.8) is 0 Å². The Labute approximate surface area is 312 Å². The second-order valence-corrected chi connectivity index (χ2v) is 15.6. The lowest BCUT2D eigenvalue weighted by molar-refractivity contribution is -0.130. The number of nitrogens with one attached hydrogen (secondary N) is 1. The van der Waals surface area contributed by atoms with E-state index in [0.717, 1.165) is 25.7 Å². The Hall–Kier alpha value is -1.17. The Bertz CT molecular complexity index is 764. The van der Waals surface area contributed by atoms with Gasteiger partial charge in [0.1, 0.15) is 5.60 Å². The van der Waals surface area contributed by atoms with Gasteiger partial charge in [0.25, 0.3) is 5.91 Å². The number of aliphatic hydroxyl groups excluding tert-OH is 2. The van der Waals surface area contributed by atoms with Crippen LogP contribution in [0.2, 0.25) is 0 Å². The van der Waals surface area contributed by atoms with Crippen LogP contribution in [0.4, 0.5) is 0 Å². The van der Waals surface area contributed by atoms with Gasteiger partial charge < -0.3 is 20.6 Å². The van der Waals surface area contributed by atoms with E-state index in [0.29, 0.717) is 0 Å². The second-order valence-electron chi connectivity index (χ2n) is 15.6. The van der Waals surface area contributed by atoms with Crippen LogP contribution >= 0.6 is 0 Å². The molecule has 0 unspecified atom stereocenters. The highest BCUT2D eigenvalue weighted by Gasteiger charge is 2.31. The fraction of sp³-hybridized carbons (Fsp3) is 0.889. The predicted octanol–water partition coefficient (Wildman–Crippen LogP) is 12.6. The maximum absolute atomic E-state index is 12.5. The molecular formula is C45H87NO4. The van der Waals surface area contributed by atoms with Gasteiger partial charge in [-0.15, -0.1) is 0 Å². The van der Waals surface area contributed by atoms with E-state index in [9.17, 15) is 20.1 Å². The molecule has 0 aromatic heterocycles. The number of rotatable bonds is 39. The van der Waals surface area contributed by atoms with Gasteiger partial charge in [0.15, 0.2) is 6.10 Å². The molecule has 50 heavy (non-hydrogen) atoms. The maximum Gasteiger partial charge on any atom is 0.253 e. The Kier molecular flexibility index (Phi) is 36.7. The average Bonchev–Trinajstić information content (AvgIpc) is 3.11. The van der Waals surface area contributed by atoms with E-state index in [2.05, 4.69) is 19.2 Å². The van der Waals surface area contributed by atoms with Crippen molar-refractivity contribution in [3.05, 3.63) is 24.3 Å². The first-order chi connectivity index (χ1) is 24.4. The van der Waals surface area contributed by atoms with E-state index in [1.165, 1.54) is 192 Å². The first kappa shape index (κ1) is 48.8. The highest BCUT2D eigenvalue weighted by atomic mass is 16.3. The van der Waals surface area contributed by atoms with Crippen LogP contribution in [0.15, 0.2) is 24.3 Å². The lowest BCUT2D eigenvalue weighted by atomic mass is 9.95. The molecule has 0 saturated carbocycles. The number of carbonyl (C=O) groups excluding carboxylic acids is 1. The Balaban J connectivity index is 3.84. The minimum atomic E-state index is -1.39. The minimum Gasteiger partial charge on any atom is -0.394 e. The van der Waals surface area contributed by atoms with Crippen molar-refractivity contribution in [2.24, 2.45) is 0 Å². The van der Waals surface area contributed by atoms with Gasteiger partial charge >= 0.3 is 0 Å². The molecule has 3 atom stereocenters. The molecule has 0 fully saturated rings. The molecule has 0 bridgehead atoms. The quantitative estimate of drug-likeness (QED) is 0.0378. The first-order valence-corrected chi connectivity index (χ1v) is 22.0. The number of hydrogen-bond acceptors (Lipinski definition) is 4. The molecule has 0 aromatic carbocycles. The first-order valence-electron chi connectivity index (χ1n) is 22.0. The van der Waals surface area contributed by atoms with Crippen molar-refractivity contribution >= 4 is 5.91 Å². The van der Waals surface area contributed by atoms with Crippen molar-refractivity contribution in [1.29, 1.82) is 0 Å². The minimum absolute atomic E-state index is 0.405. The number of allylic oxidation sites excluding steroid dienone is 2. The summed E-state index contributed by atoms with van der Waals surface area (Å²) in [6.45, 7) is 5.74. The van der Waals surface area contributed by atoms with Gasteiger partial charge in [-0.3, -0.25) is 4.79 Å². The van der Waals surface area contributed by atoms with E-state index >= 15 is 0 Å². The molecule has 0 heterocycles. The average molecular weight is 706 g/mol. The fourth-order valence-electron chi connectivity index (χ4n) is 6.83. The molecule has 0 aliphatic heterocycles. The number of amides is 1. The molecule has 296 valence electrons. The number of aliphatic hydroxyl groups is 3. The van der Waals surface area contributed by atoms with E-state index in [4.69, 9.17) is 0 Å². The smallest absolute Gasteiger partial charge is 0.253 e. The molecular weight excluding hydrogens is 618 g/mol. The van der Waals surface area contributed by atoms with E-state index in [1.54, 1.807) is 13.0 Å². The molecule has 1 amide bonds. The fourth-order valence-corrected chi connectivity index (χ4v) is 6.83. The van der Waals surface area contributed by atoms with Crippen molar-refractivity contribution in [3.8, 4) is 0 Å². The summed E-state index contributed by atoms with van der Waals surface area (Å²) in [6.07, 6.45) is 48.9. The summed E-state index contributed by atoms with van der Waals surface area (Å²) in [5.41, 5.74) is -1.39. The molecule has 5 heteroatoms. The summed E-state index contributed by atoms with van der Waals surface area (Å²) in [5, 5.41) is 33.7. The third-order valence-corrected chi connectivity index (χ3v) is 10.4. The van der Waals surface area contributed by atoms with Crippen LogP contribution in [-0.4, -0.2) is 45.6 Å². The normalized spacial score (nSPS) is 14.4. The third-order valence-electron chi connectivity index (χ3n) is 10.4. The lowest BCUT2D eigenvalue weighted by Gasteiger charge is -2.30. The van der Waals surface area contributed by atoms with Crippen LogP contribution in [0.3, 0.4) is 0 Å². The number of carbonyl (C=O) groups is 1. The number of unbranched alkanes of at least 4 members (excludes halogenated alkanes) is 31. The van der Waals surface area contributed by atoms with Gasteiger partial charge in [0.05, 0.1) is 12.6 Å². The second kappa shape index (κ2) is 37.6. The lowest BCUT2D eigenvalue weighted by Crippen LogP contribution is -2.54. The van der Waals surface area contributed by atoms with Crippen LogP contribution in [0.25, 0.3) is 0 Å². The van der Waals surface area contributed by atoms with Crippen molar-refractivity contribution in [1.82, 2.24) is 5.32 Å². The van der Waals surface area contributed by atoms with Gasteiger partial charge in [-0.1, -0.05) is 224 Å². The van der Waals surface area contributed by atoms with Crippen molar-refractivity contribution in [2.75, 3.05) is 6.61 Å². The summed E-state index contributed by atoms with van der Waals surface area (Å²) in [4.78, 5) is 12.5. The molecule has 4 N–H and O–H groups in total. The molecule has 0 aliphatic carbocycles. The van der Waals surface area contributed by atoms with Crippen LogP contribution in [0, 0.1) is 0 Å². The Morgan fingerprint density at radius 3 is 1.16 bits per heavy atom. The van der Waals surface area contributed by atoms with Gasteiger partial charge in [-0.25, -0.2) is 0 Å². The van der Waals surface area contributed by atoms with Crippen LogP contribution in [0.1, 0.15) is 233 Å². The zero-order valence-corrected chi connectivity index (χ0v) is 33.8. The summed E-state index contributed by atoms with van der Waals surface area (Å²) in [7, 11) is 0. The summed E-state index contributed by atoms with van der Waals surface area (Å²) in [6, 6.07) is -0.879. The van der Waals surface area contributed by atoms with E-state index in [-0.39, 0.29) is 0 Å². The largest absolute Gasteiger partial charge is 0.394 e. The molecule has 0 radical (unpaired) electrons. The molecule has 0 aliphatic rings. The SMILES string of the molecule is CCCCCCCCCCCCCCCCC/C=C/[C@H](O)C(=O)N[C@@H](CO)[C@@](C)(O)/C=C/CCCCCCCCCCCCCCCCCC. The molecule has 0 aromatic rings. The highest BCUT2D eigenvalue weighted by Crippen LogP contribution is 2.17. The van der Waals surface area contributed by atoms with Crippen LogP contribution < -0.4 is 5.32 Å². The molecule has 0 saturated heterocycles. The van der Waals surface area contributed by atoms with Gasteiger partial charge in [-0.05, 0) is 32.6 Å². The zero-order chi connectivity index (χ0) is 36.8. The molecule has 5 nitrogen and oxygen atoms in total. The van der Waals surface area contributed by atoms with Crippen molar-refractivity contribution < 1.29 is 20.1 Å². The molecule has 0 rings (SSSR count).